The summed E-state index contributed by atoms with van der Waals surface area (Å²) >= 11 is 0. The van der Waals surface area contributed by atoms with E-state index in [4.69, 9.17) is 0 Å². The summed E-state index contributed by atoms with van der Waals surface area (Å²) in [6.45, 7) is 4.04. The lowest BCUT2D eigenvalue weighted by Crippen LogP contribution is -2.44. The van der Waals surface area contributed by atoms with Crippen LogP contribution in [0.5, 0.6) is 0 Å². The minimum atomic E-state index is 0.137. The summed E-state index contributed by atoms with van der Waals surface area (Å²) in [6.07, 6.45) is 10.6. The zero-order valence-electron chi connectivity index (χ0n) is 11.7. The molecule has 0 radical (unpaired) electrons. The number of fused-ring (bicyclic) bond motifs is 1. The Labute approximate surface area is 114 Å². The average Bonchev–Trinajstić information content (AvgIpc) is 2.84. The summed E-state index contributed by atoms with van der Waals surface area (Å²) in [7, 11) is 0. The van der Waals surface area contributed by atoms with Gasteiger partial charge in [0, 0.05) is 37.3 Å². The number of hydrogen-bond acceptors (Lipinski definition) is 2. The second-order valence-corrected chi connectivity index (χ2v) is 6.19. The number of aryl methyl sites for hydroxylation is 1. The predicted molar refractivity (Wildman–Crippen MR) is 73.6 cm³/mol. The molecule has 1 fully saturated rings. The molecule has 1 aliphatic carbocycles. The molecule has 1 aromatic rings. The standard InChI is InChI=1S/C15H23N3O/c1-2-15(5-3-6-15)10-17-14(19)12-4-7-18-11-16-9-13(18)8-12/h9,11-12H,2-8,10H2,1H3,(H,17,19)/t12-/m1/s1. The Bertz CT molecular complexity index is 456. The number of carbonyl (C=O) groups is 1. The Kier molecular flexibility index (Phi) is 3.33. The number of imidazole rings is 1. The van der Waals surface area contributed by atoms with Crippen molar-refractivity contribution >= 4 is 5.91 Å². The van der Waals surface area contributed by atoms with Gasteiger partial charge in [-0.15, -0.1) is 0 Å². The van der Waals surface area contributed by atoms with Crippen LogP contribution >= 0.6 is 0 Å². The molecule has 1 amide bonds. The van der Waals surface area contributed by atoms with Gasteiger partial charge in [-0.3, -0.25) is 4.79 Å². The largest absolute Gasteiger partial charge is 0.355 e. The van der Waals surface area contributed by atoms with Gasteiger partial charge in [-0.1, -0.05) is 13.3 Å². The summed E-state index contributed by atoms with van der Waals surface area (Å²) in [4.78, 5) is 16.4. The highest BCUT2D eigenvalue weighted by Crippen LogP contribution is 2.43. The summed E-state index contributed by atoms with van der Waals surface area (Å²) in [5, 5.41) is 3.20. The van der Waals surface area contributed by atoms with Gasteiger partial charge in [-0.05, 0) is 31.1 Å². The first kappa shape index (κ1) is 12.7. The highest BCUT2D eigenvalue weighted by atomic mass is 16.1. The number of amides is 1. The molecule has 4 heteroatoms. The van der Waals surface area contributed by atoms with E-state index in [0.717, 1.165) is 25.9 Å². The van der Waals surface area contributed by atoms with E-state index in [0.29, 0.717) is 5.41 Å². The number of nitrogens with zero attached hydrogens (tertiary/aromatic N) is 2. The van der Waals surface area contributed by atoms with Gasteiger partial charge in [0.1, 0.15) is 0 Å². The van der Waals surface area contributed by atoms with E-state index in [2.05, 4.69) is 21.8 Å². The Morgan fingerprint density at radius 2 is 2.42 bits per heavy atom. The van der Waals surface area contributed by atoms with E-state index >= 15 is 0 Å². The monoisotopic (exact) mass is 261 g/mol. The molecule has 2 heterocycles. The third-order valence-corrected chi connectivity index (χ3v) is 5.15. The predicted octanol–water partition coefficient (Wildman–Crippen LogP) is 2.14. The smallest absolute Gasteiger partial charge is 0.223 e. The molecule has 1 atom stereocenters. The van der Waals surface area contributed by atoms with Gasteiger partial charge >= 0.3 is 0 Å². The number of aromatic nitrogens is 2. The molecular weight excluding hydrogens is 238 g/mol. The Balaban J connectivity index is 1.54. The molecular formula is C15H23N3O. The van der Waals surface area contributed by atoms with Gasteiger partial charge < -0.3 is 9.88 Å². The molecule has 0 bridgehead atoms. The van der Waals surface area contributed by atoms with Crippen molar-refractivity contribution < 1.29 is 4.79 Å². The number of nitrogens with one attached hydrogen (secondary N) is 1. The lowest BCUT2D eigenvalue weighted by atomic mass is 9.67. The summed E-state index contributed by atoms with van der Waals surface area (Å²) in [5.74, 6) is 0.380. The fourth-order valence-electron chi connectivity index (χ4n) is 3.34. The Morgan fingerprint density at radius 3 is 3.11 bits per heavy atom. The third kappa shape index (κ3) is 2.40. The number of hydrogen-bond donors (Lipinski definition) is 1. The van der Waals surface area contributed by atoms with Crippen molar-refractivity contribution in [1.82, 2.24) is 14.9 Å². The minimum Gasteiger partial charge on any atom is -0.355 e. The summed E-state index contributed by atoms with van der Waals surface area (Å²) in [5.41, 5.74) is 1.60. The lowest BCUT2D eigenvalue weighted by molar-refractivity contribution is -0.126. The highest BCUT2D eigenvalue weighted by Gasteiger charge is 2.36. The van der Waals surface area contributed by atoms with E-state index in [1.807, 2.05) is 12.5 Å². The van der Waals surface area contributed by atoms with Crippen LogP contribution in [-0.4, -0.2) is 22.0 Å². The van der Waals surface area contributed by atoms with Crippen LogP contribution < -0.4 is 5.32 Å². The van der Waals surface area contributed by atoms with Crippen LogP contribution in [0.2, 0.25) is 0 Å². The van der Waals surface area contributed by atoms with Crippen molar-refractivity contribution in [3.8, 4) is 0 Å². The van der Waals surface area contributed by atoms with E-state index < -0.39 is 0 Å². The van der Waals surface area contributed by atoms with E-state index in [1.54, 1.807) is 0 Å². The second kappa shape index (κ2) is 4.99. The third-order valence-electron chi connectivity index (χ3n) is 5.15. The van der Waals surface area contributed by atoms with Gasteiger partial charge in [0.05, 0.1) is 6.33 Å². The first-order valence-corrected chi connectivity index (χ1v) is 7.49. The molecule has 1 N–H and O–H groups in total. The summed E-state index contributed by atoms with van der Waals surface area (Å²) in [6, 6.07) is 0. The van der Waals surface area contributed by atoms with Crippen LogP contribution in [0.15, 0.2) is 12.5 Å². The molecule has 104 valence electrons. The molecule has 3 rings (SSSR count). The molecule has 0 unspecified atom stereocenters. The van der Waals surface area contributed by atoms with Gasteiger partial charge in [-0.25, -0.2) is 4.98 Å². The quantitative estimate of drug-likeness (QED) is 0.902. The van der Waals surface area contributed by atoms with Crippen molar-refractivity contribution in [3.05, 3.63) is 18.2 Å². The van der Waals surface area contributed by atoms with Crippen LogP contribution in [0.3, 0.4) is 0 Å². The molecule has 0 spiro atoms. The van der Waals surface area contributed by atoms with Crippen LogP contribution in [0, 0.1) is 11.3 Å². The zero-order valence-corrected chi connectivity index (χ0v) is 11.7. The van der Waals surface area contributed by atoms with Crippen molar-refractivity contribution in [2.45, 2.75) is 52.0 Å². The number of rotatable bonds is 4. The summed E-state index contributed by atoms with van der Waals surface area (Å²) < 4.78 is 2.16. The molecule has 0 aromatic carbocycles. The first-order chi connectivity index (χ1) is 9.22. The zero-order chi connectivity index (χ0) is 13.3. The van der Waals surface area contributed by atoms with Gasteiger partial charge in [-0.2, -0.15) is 0 Å². The highest BCUT2D eigenvalue weighted by molar-refractivity contribution is 5.79. The van der Waals surface area contributed by atoms with E-state index in [9.17, 15) is 4.79 Å². The van der Waals surface area contributed by atoms with E-state index in [1.165, 1.54) is 31.4 Å². The number of carbonyl (C=O) groups excluding carboxylic acids is 1. The van der Waals surface area contributed by atoms with Crippen LogP contribution in [0.1, 0.15) is 44.7 Å². The first-order valence-electron chi connectivity index (χ1n) is 7.49. The molecule has 19 heavy (non-hydrogen) atoms. The van der Waals surface area contributed by atoms with Crippen molar-refractivity contribution in [2.75, 3.05) is 6.54 Å². The molecule has 1 aromatic heterocycles. The lowest BCUT2D eigenvalue weighted by Gasteiger charge is -2.41. The molecule has 2 aliphatic rings. The van der Waals surface area contributed by atoms with Crippen LogP contribution in [-0.2, 0) is 17.8 Å². The Hall–Kier alpha value is -1.32. The topological polar surface area (TPSA) is 46.9 Å². The molecule has 1 saturated carbocycles. The van der Waals surface area contributed by atoms with Crippen LogP contribution in [0.4, 0.5) is 0 Å². The molecule has 4 nitrogen and oxygen atoms in total. The maximum Gasteiger partial charge on any atom is 0.223 e. The SMILES string of the molecule is CCC1(CNC(=O)[C@@H]2CCn3cncc3C2)CCC1. The van der Waals surface area contributed by atoms with Crippen molar-refractivity contribution in [1.29, 1.82) is 0 Å². The maximum atomic E-state index is 12.3. The van der Waals surface area contributed by atoms with Crippen LogP contribution in [0.25, 0.3) is 0 Å². The normalized spacial score (nSPS) is 24.4. The van der Waals surface area contributed by atoms with Gasteiger partial charge in [0.25, 0.3) is 0 Å². The molecule has 0 saturated heterocycles. The van der Waals surface area contributed by atoms with Crippen molar-refractivity contribution in [2.24, 2.45) is 11.3 Å². The van der Waals surface area contributed by atoms with Gasteiger partial charge in [0.2, 0.25) is 5.91 Å². The minimum absolute atomic E-state index is 0.137. The maximum absolute atomic E-state index is 12.3. The second-order valence-electron chi connectivity index (χ2n) is 6.19. The fourth-order valence-corrected chi connectivity index (χ4v) is 3.34. The average molecular weight is 261 g/mol. The van der Waals surface area contributed by atoms with E-state index in [-0.39, 0.29) is 11.8 Å². The van der Waals surface area contributed by atoms with Crippen molar-refractivity contribution in [3.63, 3.8) is 0 Å². The molecule has 1 aliphatic heterocycles. The fraction of sp³-hybridized carbons (Fsp3) is 0.733. The Morgan fingerprint density at radius 1 is 1.58 bits per heavy atom. The van der Waals surface area contributed by atoms with Gasteiger partial charge in [0.15, 0.2) is 0 Å².